The van der Waals surface area contributed by atoms with Gasteiger partial charge in [0.1, 0.15) is 5.82 Å². The van der Waals surface area contributed by atoms with Gasteiger partial charge in [0.25, 0.3) is 0 Å². The second-order valence-electron chi connectivity index (χ2n) is 7.00. The van der Waals surface area contributed by atoms with Crippen LogP contribution < -0.4 is 5.73 Å². The lowest BCUT2D eigenvalue weighted by atomic mass is 10.1. The number of nitrogens with two attached hydrogens (primary N) is 1. The molecule has 0 aliphatic carbocycles. The van der Waals surface area contributed by atoms with E-state index in [1.807, 2.05) is 37.4 Å². The molecule has 0 aliphatic heterocycles. The molecule has 3 aromatic heterocycles. The summed E-state index contributed by atoms with van der Waals surface area (Å²) < 4.78 is 2.10. The Morgan fingerprint density at radius 1 is 0.964 bits per heavy atom. The van der Waals surface area contributed by atoms with Crippen molar-refractivity contribution in [3.05, 3.63) is 72.3 Å². The smallest absolute Gasteiger partial charge is 0.220 e. The molecule has 0 unspecified atom stereocenters. The molecule has 3 N–H and O–H groups in total. The number of nitrogens with one attached hydrogen (secondary N) is 1. The summed E-state index contributed by atoms with van der Waals surface area (Å²) in [5, 5.41) is 1.18. The summed E-state index contributed by atoms with van der Waals surface area (Å²) in [6.45, 7) is 0. The molecule has 2 aromatic carbocycles. The fourth-order valence-corrected chi connectivity index (χ4v) is 3.61. The van der Waals surface area contributed by atoms with Gasteiger partial charge < -0.3 is 15.3 Å². The summed E-state index contributed by atoms with van der Waals surface area (Å²) in [7, 11) is 2.04. The normalized spacial score (nSPS) is 11.5. The van der Waals surface area contributed by atoms with Crippen molar-refractivity contribution in [3.8, 4) is 11.3 Å². The van der Waals surface area contributed by atoms with E-state index in [1.165, 1.54) is 10.9 Å². The maximum atomic E-state index is 5.99. The van der Waals surface area contributed by atoms with Crippen LogP contribution in [0, 0.1) is 0 Å². The quantitative estimate of drug-likeness (QED) is 0.504. The Morgan fingerprint density at radius 2 is 1.86 bits per heavy atom. The SMILES string of the molecule is Cn1ccc2cc(-c3cc(CCc4nc5ccccc5[nH]4)nc(N)n3)ccc21. The van der Waals surface area contributed by atoms with Gasteiger partial charge in [-0.1, -0.05) is 18.2 Å². The molecule has 0 saturated carbocycles. The number of fused-ring (bicyclic) bond motifs is 2. The van der Waals surface area contributed by atoms with E-state index in [9.17, 15) is 0 Å². The van der Waals surface area contributed by atoms with E-state index in [0.29, 0.717) is 5.95 Å². The van der Waals surface area contributed by atoms with Crippen LogP contribution >= 0.6 is 0 Å². The average molecular weight is 368 g/mol. The minimum Gasteiger partial charge on any atom is -0.368 e. The Hall–Kier alpha value is -3.67. The molecule has 0 fully saturated rings. The first-order chi connectivity index (χ1) is 13.7. The zero-order chi connectivity index (χ0) is 19.1. The van der Waals surface area contributed by atoms with Gasteiger partial charge >= 0.3 is 0 Å². The highest BCUT2D eigenvalue weighted by molar-refractivity contribution is 5.85. The highest BCUT2D eigenvalue weighted by Gasteiger charge is 2.09. The van der Waals surface area contributed by atoms with Crippen molar-refractivity contribution >= 4 is 27.9 Å². The zero-order valence-corrected chi connectivity index (χ0v) is 15.6. The number of benzene rings is 2. The summed E-state index contributed by atoms with van der Waals surface area (Å²) in [4.78, 5) is 16.9. The molecule has 0 amide bonds. The largest absolute Gasteiger partial charge is 0.368 e. The van der Waals surface area contributed by atoms with Crippen molar-refractivity contribution in [1.82, 2.24) is 24.5 Å². The molecule has 5 aromatic rings. The average Bonchev–Trinajstić information content (AvgIpc) is 3.29. The molecule has 6 nitrogen and oxygen atoms in total. The third-order valence-electron chi connectivity index (χ3n) is 5.03. The lowest BCUT2D eigenvalue weighted by molar-refractivity contribution is 0.857. The van der Waals surface area contributed by atoms with Crippen LogP contribution in [0.1, 0.15) is 11.5 Å². The van der Waals surface area contributed by atoms with E-state index in [-0.39, 0.29) is 0 Å². The van der Waals surface area contributed by atoms with Crippen molar-refractivity contribution in [2.45, 2.75) is 12.8 Å². The maximum Gasteiger partial charge on any atom is 0.220 e. The van der Waals surface area contributed by atoms with Gasteiger partial charge in [-0.3, -0.25) is 0 Å². The lowest BCUT2D eigenvalue weighted by Crippen LogP contribution is -2.03. The lowest BCUT2D eigenvalue weighted by Gasteiger charge is -2.06. The highest BCUT2D eigenvalue weighted by Crippen LogP contribution is 2.25. The van der Waals surface area contributed by atoms with Gasteiger partial charge in [0.15, 0.2) is 0 Å². The number of aromatic nitrogens is 5. The number of aromatic amines is 1. The molecule has 138 valence electrons. The fraction of sp³-hybridized carbons (Fsp3) is 0.136. The topological polar surface area (TPSA) is 85.4 Å². The summed E-state index contributed by atoms with van der Waals surface area (Å²) in [5.41, 5.74) is 12.0. The monoisotopic (exact) mass is 368 g/mol. The molecule has 0 radical (unpaired) electrons. The second kappa shape index (κ2) is 6.49. The van der Waals surface area contributed by atoms with Crippen LogP contribution in [-0.2, 0) is 19.9 Å². The third-order valence-corrected chi connectivity index (χ3v) is 5.03. The number of para-hydroxylation sites is 2. The van der Waals surface area contributed by atoms with E-state index in [1.54, 1.807) is 0 Å². The number of aryl methyl sites for hydroxylation is 3. The molecule has 28 heavy (non-hydrogen) atoms. The van der Waals surface area contributed by atoms with E-state index >= 15 is 0 Å². The van der Waals surface area contributed by atoms with Gasteiger partial charge in [-0.05, 0) is 42.8 Å². The highest BCUT2D eigenvalue weighted by atomic mass is 15.0. The maximum absolute atomic E-state index is 5.99. The van der Waals surface area contributed by atoms with Crippen LogP contribution in [0.2, 0.25) is 0 Å². The number of rotatable bonds is 4. The first-order valence-electron chi connectivity index (χ1n) is 9.28. The molecule has 0 bridgehead atoms. The van der Waals surface area contributed by atoms with Crippen LogP contribution in [0.3, 0.4) is 0 Å². The number of hydrogen-bond acceptors (Lipinski definition) is 4. The number of anilines is 1. The molecular weight excluding hydrogens is 348 g/mol. The van der Waals surface area contributed by atoms with E-state index in [4.69, 9.17) is 5.73 Å². The minimum absolute atomic E-state index is 0.297. The fourth-order valence-electron chi connectivity index (χ4n) is 3.61. The minimum atomic E-state index is 0.297. The predicted molar refractivity (Wildman–Crippen MR) is 112 cm³/mol. The Balaban J connectivity index is 1.43. The van der Waals surface area contributed by atoms with Gasteiger partial charge in [-0.2, -0.15) is 0 Å². The van der Waals surface area contributed by atoms with Crippen LogP contribution in [0.4, 0.5) is 5.95 Å². The standard InChI is InChI=1S/C22H20N6/c1-28-11-10-15-12-14(6-8-20(15)28)19-13-16(24-22(23)27-19)7-9-21-25-17-4-2-3-5-18(17)26-21/h2-6,8,10-13H,7,9H2,1H3,(H,25,26)(H2,23,24,27). The molecule has 6 heteroatoms. The summed E-state index contributed by atoms with van der Waals surface area (Å²) in [6, 6.07) is 18.5. The van der Waals surface area contributed by atoms with E-state index < -0.39 is 0 Å². The number of H-pyrrole nitrogens is 1. The molecule has 3 heterocycles. The van der Waals surface area contributed by atoms with Crippen LogP contribution in [-0.4, -0.2) is 24.5 Å². The molecule has 0 saturated heterocycles. The Morgan fingerprint density at radius 3 is 2.75 bits per heavy atom. The molecule has 5 rings (SSSR count). The van der Waals surface area contributed by atoms with Crippen molar-refractivity contribution in [2.75, 3.05) is 5.73 Å². The number of imidazole rings is 1. The van der Waals surface area contributed by atoms with Crippen LogP contribution in [0.5, 0.6) is 0 Å². The summed E-state index contributed by atoms with van der Waals surface area (Å²) in [5.74, 6) is 1.25. The van der Waals surface area contributed by atoms with Gasteiger partial charge in [-0.25, -0.2) is 15.0 Å². The molecule has 0 aliphatic rings. The summed E-state index contributed by atoms with van der Waals surface area (Å²) in [6.07, 6.45) is 3.57. The third kappa shape index (κ3) is 2.99. The summed E-state index contributed by atoms with van der Waals surface area (Å²) >= 11 is 0. The number of nitrogen functional groups attached to an aromatic ring is 1. The number of hydrogen-bond donors (Lipinski definition) is 2. The first kappa shape index (κ1) is 16.5. The Kier molecular flexibility index (Phi) is 3.83. The van der Waals surface area contributed by atoms with Crippen LogP contribution in [0.25, 0.3) is 33.2 Å². The van der Waals surface area contributed by atoms with E-state index in [0.717, 1.165) is 46.7 Å². The Bertz CT molecular complexity index is 1260. The molecule has 0 atom stereocenters. The Labute approximate surface area is 162 Å². The molecule has 0 spiro atoms. The van der Waals surface area contributed by atoms with Crippen molar-refractivity contribution in [2.24, 2.45) is 7.05 Å². The molecular formula is C22H20N6. The van der Waals surface area contributed by atoms with Gasteiger partial charge in [0.2, 0.25) is 5.95 Å². The van der Waals surface area contributed by atoms with Crippen LogP contribution in [0.15, 0.2) is 60.8 Å². The van der Waals surface area contributed by atoms with E-state index in [2.05, 4.69) is 55.0 Å². The predicted octanol–water partition coefficient (Wildman–Crippen LogP) is 3.88. The van der Waals surface area contributed by atoms with Gasteiger partial charge in [-0.15, -0.1) is 0 Å². The number of nitrogens with zero attached hydrogens (tertiary/aromatic N) is 4. The van der Waals surface area contributed by atoms with Crippen molar-refractivity contribution < 1.29 is 0 Å². The first-order valence-corrected chi connectivity index (χ1v) is 9.28. The van der Waals surface area contributed by atoms with Gasteiger partial charge in [0.05, 0.1) is 16.7 Å². The zero-order valence-electron chi connectivity index (χ0n) is 15.6. The van der Waals surface area contributed by atoms with Crippen molar-refractivity contribution in [3.63, 3.8) is 0 Å². The second-order valence-corrected chi connectivity index (χ2v) is 7.00. The van der Waals surface area contributed by atoms with Gasteiger partial charge in [0, 0.05) is 41.8 Å². The van der Waals surface area contributed by atoms with Crippen molar-refractivity contribution in [1.29, 1.82) is 0 Å².